The van der Waals surface area contributed by atoms with Crippen molar-refractivity contribution in [1.29, 1.82) is 0 Å². The van der Waals surface area contributed by atoms with Crippen LogP contribution in [0.1, 0.15) is 23.1 Å². The van der Waals surface area contributed by atoms with Crippen LogP contribution in [-0.4, -0.2) is 35.0 Å². The van der Waals surface area contributed by atoms with Crippen LogP contribution in [0.15, 0.2) is 18.2 Å². The van der Waals surface area contributed by atoms with Gasteiger partial charge in [-0.05, 0) is 36.0 Å². The van der Waals surface area contributed by atoms with Crippen LogP contribution in [0, 0.1) is 5.92 Å². The smallest absolute Gasteiger partial charge is 0.310 e. The van der Waals surface area contributed by atoms with E-state index in [9.17, 15) is 9.59 Å². The topological polar surface area (TPSA) is 57.6 Å². The van der Waals surface area contributed by atoms with Gasteiger partial charge in [-0.15, -0.1) is 0 Å². The van der Waals surface area contributed by atoms with E-state index in [-0.39, 0.29) is 11.8 Å². The fourth-order valence-corrected chi connectivity index (χ4v) is 2.86. The number of aliphatic carboxylic acids is 1. The molecule has 1 saturated heterocycles. The van der Waals surface area contributed by atoms with E-state index in [1.54, 1.807) is 4.90 Å². The lowest BCUT2D eigenvalue weighted by Gasteiger charge is -2.36. The zero-order valence-electron chi connectivity index (χ0n) is 10.8. The summed E-state index contributed by atoms with van der Waals surface area (Å²) in [6.45, 7) is 0.720. The third kappa shape index (κ3) is 2.35. The average molecular weight is 259 g/mol. The van der Waals surface area contributed by atoms with Crippen molar-refractivity contribution in [3.05, 3.63) is 34.9 Å². The van der Waals surface area contributed by atoms with Crippen molar-refractivity contribution in [3.8, 4) is 0 Å². The van der Waals surface area contributed by atoms with Gasteiger partial charge in [0, 0.05) is 13.1 Å². The molecular weight excluding hydrogens is 242 g/mol. The van der Waals surface area contributed by atoms with Crippen molar-refractivity contribution in [1.82, 2.24) is 4.90 Å². The first-order valence-electron chi connectivity index (χ1n) is 6.75. The van der Waals surface area contributed by atoms with Gasteiger partial charge in [-0.25, -0.2) is 0 Å². The molecule has 4 heteroatoms. The summed E-state index contributed by atoms with van der Waals surface area (Å²) in [6, 6.07) is 6.28. The molecule has 1 heterocycles. The summed E-state index contributed by atoms with van der Waals surface area (Å²) < 4.78 is 0. The molecule has 19 heavy (non-hydrogen) atoms. The van der Waals surface area contributed by atoms with E-state index >= 15 is 0 Å². The van der Waals surface area contributed by atoms with Crippen LogP contribution in [0.3, 0.4) is 0 Å². The predicted octanol–water partition coefficient (Wildman–Crippen LogP) is 1.26. The highest BCUT2D eigenvalue weighted by molar-refractivity contribution is 5.82. The molecule has 1 aliphatic carbocycles. The number of rotatable bonds is 3. The number of hydrogen-bond donors (Lipinski definition) is 1. The molecule has 4 nitrogen and oxygen atoms in total. The normalized spacial score (nSPS) is 18.0. The molecule has 1 aliphatic heterocycles. The number of hydrogen-bond acceptors (Lipinski definition) is 2. The zero-order chi connectivity index (χ0) is 13.4. The summed E-state index contributed by atoms with van der Waals surface area (Å²) >= 11 is 0. The molecule has 0 spiro atoms. The highest BCUT2D eigenvalue weighted by atomic mass is 16.4. The maximum Gasteiger partial charge on any atom is 0.310 e. The maximum absolute atomic E-state index is 12.0. The molecule has 2 aliphatic rings. The first-order chi connectivity index (χ1) is 9.13. The Morgan fingerprint density at radius 1 is 1.21 bits per heavy atom. The molecule has 0 atom stereocenters. The van der Waals surface area contributed by atoms with Crippen LogP contribution in [0.2, 0.25) is 0 Å². The van der Waals surface area contributed by atoms with Crippen molar-refractivity contribution in [2.45, 2.75) is 25.7 Å². The molecule has 100 valence electrons. The van der Waals surface area contributed by atoms with Crippen molar-refractivity contribution in [3.63, 3.8) is 0 Å². The number of likely N-dealkylation sites (tertiary alicyclic amines) is 1. The van der Waals surface area contributed by atoms with Crippen LogP contribution in [0.25, 0.3) is 0 Å². The lowest BCUT2D eigenvalue weighted by atomic mass is 9.98. The van der Waals surface area contributed by atoms with Gasteiger partial charge in [0.1, 0.15) is 0 Å². The minimum absolute atomic E-state index is 0.0375. The lowest BCUT2D eigenvalue weighted by molar-refractivity contribution is -0.152. The molecule has 1 amide bonds. The van der Waals surface area contributed by atoms with Crippen molar-refractivity contribution in [2.24, 2.45) is 5.92 Å². The second-order valence-electron chi connectivity index (χ2n) is 5.47. The largest absolute Gasteiger partial charge is 0.481 e. The monoisotopic (exact) mass is 259 g/mol. The third-order valence-corrected chi connectivity index (χ3v) is 4.10. The van der Waals surface area contributed by atoms with Crippen molar-refractivity contribution < 1.29 is 14.7 Å². The molecule has 3 rings (SSSR count). The van der Waals surface area contributed by atoms with Crippen molar-refractivity contribution >= 4 is 11.9 Å². The van der Waals surface area contributed by atoms with Crippen LogP contribution in [0.4, 0.5) is 0 Å². The summed E-state index contributed by atoms with van der Waals surface area (Å²) in [5.74, 6) is -1.14. The number of fused-ring (bicyclic) bond motifs is 1. The summed E-state index contributed by atoms with van der Waals surface area (Å²) in [7, 11) is 0. The van der Waals surface area contributed by atoms with E-state index in [0.717, 1.165) is 18.4 Å². The molecule has 0 saturated carbocycles. The Labute approximate surface area is 112 Å². The second kappa shape index (κ2) is 4.68. The zero-order valence-corrected chi connectivity index (χ0v) is 10.8. The van der Waals surface area contributed by atoms with Crippen molar-refractivity contribution in [2.75, 3.05) is 13.1 Å². The van der Waals surface area contributed by atoms with Crippen LogP contribution in [-0.2, 0) is 28.9 Å². The Bertz CT molecular complexity index is 532. The van der Waals surface area contributed by atoms with E-state index in [4.69, 9.17) is 5.11 Å². The van der Waals surface area contributed by atoms with E-state index in [2.05, 4.69) is 12.1 Å². The minimum atomic E-state index is -0.804. The van der Waals surface area contributed by atoms with Crippen LogP contribution >= 0.6 is 0 Å². The molecule has 0 bridgehead atoms. The fourth-order valence-electron chi connectivity index (χ4n) is 2.86. The standard InChI is InChI=1S/C15H17NO3/c17-14(16-8-13(9-16)15(18)19)7-10-4-5-11-2-1-3-12(11)6-10/h4-6,13H,1-3,7-9H2,(H,18,19). The van der Waals surface area contributed by atoms with Gasteiger partial charge < -0.3 is 10.0 Å². The van der Waals surface area contributed by atoms with E-state index < -0.39 is 5.97 Å². The maximum atomic E-state index is 12.0. The Balaban J connectivity index is 1.60. The quantitative estimate of drug-likeness (QED) is 0.889. The first kappa shape index (κ1) is 12.2. The van der Waals surface area contributed by atoms with Gasteiger partial charge in [0.15, 0.2) is 0 Å². The fraction of sp³-hybridized carbons (Fsp3) is 0.467. The molecule has 1 fully saturated rings. The summed E-state index contributed by atoms with van der Waals surface area (Å²) in [6.07, 6.45) is 3.86. The lowest BCUT2D eigenvalue weighted by Crippen LogP contribution is -2.53. The number of carbonyl (C=O) groups excluding carboxylic acids is 1. The predicted molar refractivity (Wildman–Crippen MR) is 69.9 cm³/mol. The third-order valence-electron chi connectivity index (χ3n) is 4.10. The number of carbonyl (C=O) groups is 2. The molecule has 1 N–H and O–H groups in total. The Morgan fingerprint density at radius 3 is 2.68 bits per heavy atom. The number of benzene rings is 1. The van der Waals surface area contributed by atoms with Gasteiger partial charge in [0.05, 0.1) is 12.3 Å². The molecule has 0 aromatic heterocycles. The first-order valence-corrected chi connectivity index (χ1v) is 6.75. The van der Waals surface area contributed by atoms with Gasteiger partial charge in [-0.1, -0.05) is 18.2 Å². The van der Waals surface area contributed by atoms with E-state index in [0.29, 0.717) is 19.5 Å². The number of nitrogens with zero attached hydrogens (tertiary/aromatic N) is 1. The van der Waals surface area contributed by atoms with Crippen LogP contribution < -0.4 is 0 Å². The highest BCUT2D eigenvalue weighted by Gasteiger charge is 2.35. The summed E-state index contributed by atoms with van der Waals surface area (Å²) in [5, 5.41) is 8.79. The highest BCUT2D eigenvalue weighted by Crippen LogP contribution is 2.24. The summed E-state index contributed by atoms with van der Waals surface area (Å²) in [5.41, 5.74) is 3.83. The van der Waals surface area contributed by atoms with Crippen LogP contribution in [0.5, 0.6) is 0 Å². The molecule has 1 aromatic rings. The number of amides is 1. The average Bonchev–Trinajstić information content (AvgIpc) is 2.73. The minimum Gasteiger partial charge on any atom is -0.481 e. The van der Waals surface area contributed by atoms with Gasteiger partial charge in [-0.2, -0.15) is 0 Å². The molecule has 1 aromatic carbocycles. The Kier molecular flexibility index (Phi) is 3.01. The van der Waals surface area contributed by atoms with E-state index in [1.165, 1.54) is 17.5 Å². The Morgan fingerprint density at radius 2 is 1.95 bits per heavy atom. The number of aryl methyl sites for hydroxylation is 2. The van der Waals surface area contributed by atoms with Gasteiger partial charge in [-0.3, -0.25) is 9.59 Å². The van der Waals surface area contributed by atoms with Gasteiger partial charge in [0.2, 0.25) is 5.91 Å². The number of carboxylic acids is 1. The molecule has 0 radical (unpaired) electrons. The number of carboxylic acid groups (broad SMARTS) is 1. The van der Waals surface area contributed by atoms with Gasteiger partial charge in [0.25, 0.3) is 0 Å². The Hall–Kier alpha value is -1.84. The van der Waals surface area contributed by atoms with E-state index in [1.807, 2.05) is 6.07 Å². The second-order valence-corrected chi connectivity index (χ2v) is 5.47. The van der Waals surface area contributed by atoms with Gasteiger partial charge >= 0.3 is 5.97 Å². The SMILES string of the molecule is O=C(O)C1CN(C(=O)Cc2ccc3c(c2)CCC3)C1. The summed E-state index contributed by atoms with van der Waals surface area (Å²) in [4.78, 5) is 24.3. The molecule has 0 unspecified atom stereocenters. The molecular formula is C15H17NO3.